The van der Waals surface area contributed by atoms with Crippen molar-refractivity contribution in [3.8, 4) is 0 Å². The first-order valence-electron chi connectivity index (χ1n) is 5.72. The Kier molecular flexibility index (Phi) is 3.44. The summed E-state index contributed by atoms with van der Waals surface area (Å²) < 4.78 is 10.3. The smallest absolute Gasteiger partial charge is 0.256 e. The highest BCUT2D eigenvalue weighted by molar-refractivity contribution is 5.95. The van der Waals surface area contributed by atoms with Crippen LogP contribution < -0.4 is 11.1 Å². The summed E-state index contributed by atoms with van der Waals surface area (Å²) >= 11 is 0. The monoisotopic (exact) mass is 239 g/mol. The Labute approximate surface area is 99.5 Å². The van der Waals surface area contributed by atoms with Crippen molar-refractivity contribution >= 4 is 5.91 Å². The number of ether oxygens (including phenoxy) is 1. The minimum Gasteiger partial charge on any atom is -0.376 e. The van der Waals surface area contributed by atoms with Crippen LogP contribution in [0.2, 0.25) is 0 Å². The lowest BCUT2D eigenvalue weighted by Gasteiger charge is -2.42. The van der Waals surface area contributed by atoms with Crippen LogP contribution in [-0.4, -0.2) is 35.9 Å². The average molecular weight is 239 g/mol. The Morgan fingerprint density at radius 3 is 3.06 bits per heavy atom. The molecule has 0 spiro atoms. The Bertz CT molecular complexity index is 402. The third-order valence-electron chi connectivity index (χ3n) is 3.04. The fraction of sp³-hybridized carbons (Fsp3) is 0.636. The molecule has 6 nitrogen and oxygen atoms in total. The van der Waals surface area contributed by atoms with Gasteiger partial charge in [0.1, 0.15) is 11.3 Å². The van der Waals surface area contributed by atoms with Crippen molar-refractivity contribution in [2.45, 2.75) is 38.5 Å². The number of hydrogen-bond donors (Lipinski definition) is 2. The maximum atomic E-state index is 11.9. The standard InChI is InChI=1S/C11H17N3O3/c1-3-16-9-4-8(12)10(9)14-11(15)7-5-13-17-6(7)2/h5,8-10H,3-4,12H2,1-2H3,(H,14,15). The molecule has 0 aromatic carbocycles. The van der Waals surface area contributed by atoms with E-state index in [9.17, 15) is 4.79 Å². The van der Waals surface area contributed by atoms with Crippen molar-refractivity contribution in [3.05, 3.63) is 17.5 Å². The van der Waals surface area contributed by atoms with Gasteiger partial charge in [0, 0.05) is 12.6 Å². The summed E-state index contributed by atoms with van der Waals surface area (Å²) in [5.41, 5.74) is 6.29. The number of amides is 1. The molecule has 3 unspecified atom stereocenters. The van der Waals surface area contributed by atoms with Gasteiger partial charge < -0.3 is 20.3 Å². The first-order valence-corrected chi connectivity index (χ1v) is 5.72. The number of nitrogens with two attached hydrogens (primary N) is 1. The first-order chi connectivity index (χ1) is 8.13. The number of aryl methyl sites for hydroxylation is 1. The summed E-state index contributed by atoms with van der Waals surface area (Å²) in [6.07, 6.45) is 2.20. The van der Waals surface area contributed by atoms with Gasteiger partial charge in [-0.15, -0.1) is 0 Å². The lowest BCUT2D eigenvalue weighted by Crippen LogP contribution is -2.64. The van der Waals surface area contributed by atoms with Gasteiger partial charge >= 0.3 is 0 Å². The number of nitrogens with zero attached hydrogens (tertiary/aromatic N) is 1. The third-order valence-corrected chi connectivity index (χ3v) is 3.04. The number of carbonyl (C=O) groups is 1. The van der Waals surface area contributed by atoms with Gasteiger partial charge in [-0.25, -0.2) is 0 Å². The van der Waals surface area contributed by atoms with Crippen molar-refractivity contribution < 1.29 is 14.1 Å². The number of nitrogens with one attached hydrogen (secondary N) is 1. The fourth-order valence-corrected chi connectivity index (χ4v) is 1.97. The van der Waals surface area contributed by atoms with E-state index in [4.69, 9.17) is 15.0 Å². The van der Waals surface area contributed by atoms with E-state index in [1.807, 2.05) is 6.92 Å². The van der Waals surface area contributed by atoms with Gasteiger partial charge in [-0.2, -0.15) is 0 Å². The highest BCUT2D eigenvalue weighted by atomic mass is 16.5. The average Bonchev–Trinajstić information content (AvgIpc) is 2.72. The van der Waals surface area contributed by atoms with Gasteiger partial charge in [0.05, 0.1) is 18.3 Å². The van der Waals surface area contributed by atoms with E-state index in [0.717, 1.165) is 6.42 Å². The molecule has 1 aliphatic rings. The van der Waals surface area contributed by atoms with Crippen molar-refractivity contribution in [1.82, 2.24) is 10.5 Å². The second-order valence-corrected chi connectivity index (χ2v) is 4.19. The molecular weight excluding hydrogens is 222 g/mol. The minimum atomic E-state index is -0.214. The van der Waals surface area contributed by atoms with Crippen LogP contribution in [0.15, 0.2) is 10.7 Å². The van der Waals surface area contributed by atoms with Gasteiger partial charge in [-0.1, -0.05) is 5.16 Å². The van der Waals surface area contributed by atoms with Gasteiger partial charge in [0.2, 0.25) is 0 Å². The zero-order valence-corrected chi connectivity index (χ0v) is 9.97. The maximum absolute atomic E-state index is 11.9. The summed E-state index contributed by atoms with van der Waals surface area (Å²) in [5.74, 6) is 0.289. The van der Waals surface area contributed by atoms with Crippen LogP contribution in [0.5, 0.6) is 0 Å². The normalized spacial score (nSPS) is 27.6. The largest absolute Gasteiger partial charge is 0.376 e. The van der Waals surface area contributed by atoms with Gasteiger partial charge in [-0.05, 0) is 20.3 Å². The molecule has 0 radical (unpaired) electrons. The molecule has 1 saturated carbocycles. The highest BCUT2D eigenvalue weighted by Gasteiger charge is 2.40. The second-order valence-electron chi connectivity index (χ2n) is 4.19. The van der Waals surface area contributed by atoms with E-state index in [1.165, 1.54) is 6.20 Å². The topological polar surface area (TPSA) is 90.4 Å². The van der Waals surface area contributed by atoms with Crippen LogP contribution in [0.25, 0.3) is 0 Å². The van der Waals surface area contributed by atoms with E-state index in [2.05, 4.69) is 10.5 Å². The predicted octanol–water partition coefficient (Wildman–Crippen LogP) is 0.218. The minimum absolute atomic E-state index is 0.0131. The third kappa shape index (κ3) is 2.32. The molecule has 0 aliphatic heterocycles. The molecule has 17 heavy (non-hydrogen) atoms. The lowest BCUT2D eigenvalue weighted by atomic mass is 9.83. The molecule has 3 N–H and O–H groups in total. The molecule has 0 bridgehead atoms. The lowest BCUT2D eigenvalue weighted by molar-refractivity contribution is -0.0300. The number of hydrogen-bond acceptors (Lipinski definition) is 5. The van der Waals surface area contributed by atoms with Crippen LogP contribution in [-0.2, 0) is 4.74 Å². The molecule has 1 aromatic heterocycles. The predicted molar refractivity (Wildman–Crippen MR) is 60.5 cm³/mol. The van der Waals surface area contributed by atoms with E-state index < -0.39 is 0 Å². The van der Waals surface area contributed by atoms with E-state index in [1.54, 1.807) is 6.92 Å². The Morgan fingerprint density at radius 1 is 1.76 bits per heavy atom. The Balaban J connectivity index is 1.97. The number of rotatable bonds is 4. The molecular formula is C11H17N3O3. The van der Waals surface area contributed by atoms with Crippen LogP contribution in [0.1, 0.15) is 29.5 Å². The zero-order chi connectivity index (χ0) is 12.4. The van der Waals surface area contributed by atoms with Crippen molar-refractivity contribution in [2.24, 2.45) is 5.73 Å². The quantitative estimate of drug-likeness (QED) is 0.784. The highest BCUT2D eigenvalue weighted by Crippen LogP contribution is 2.23. The molecule has 94 valence electrons. The SMILES string of the molecule is CCOC1CC(N)C1NC(=O)c1cnoc1C. The molecule has 2 rings (SSSR count). The van der Waals surface area contributed by atoms with Gasteiger partial charge in [-0.3, -0.25) is 4.79 Å². The molecule has 6 heteroatoms. The zero-order valence-electron chi connectivity index (χ0n) is 9.97. The Hall–Kier alpha value is -1.40. The molecule has 1 heterocycles. The van der Waals surface area contributed by atoms with E-state index in [0.29, 0.717) is 17.9 Å². The van der Waals surface area contributed by atoms with Gasteiger partial charge in [0.25, 0.3) is 5.91 Å². The molecule has 3 atom stereocenters. The van der Waals surface area contributed by atoms with E-state index >= 15 is 0 Å². The molecule has 0 saturated heterocycles. The van der Waals surface area contributed by atoms with Crippen molar-refractivity contribution in [3.63, 3.8) is 0 Å². The summed E-state index contributed by atoms with van der Waals surface area (Å²) in [6.45, 7) is 4.24. The molecule has 1 fully saturated rings. The van der Waals surface area contributed by atoms with Crippen molar-refractivity contribution in [2.75, 3.05) is 6.61 Å². The molecule has 1 aliphatic carbocycles. The first kappa shape index (κ1) is 12.1. The molecule has 1 amide bonds. The van der Waals surface area contributed by atoms with Crippen LogP contribution in [0, 0.1) is 6.92 Å². The molecule has 1 aromatic rings. The second kappa shape index (κ2) is 4.85. The summed E-state index contributed by atoms with van der Waals surface area (Å²) in [7, 11) is 0. The van der Waals surface area contributed by atoms with Crippen LogP contribution >= 0.6 is 0 Å². The maximum Gasteiger partial charge on any atom is 0.256 e. The van der Waals surface area contributed by atoms with Crippen molar-refractivity contribution in [1.29, 1.82) is 0 Å². The number of aromatic nitrogens is 1. The summed E-state index contributed by atoms with van der Waals surface area (Å²) in [6, 6.07) is -0.174. The summed E-state index contributed by atoms with van der Waals surface area (Å²) in [4.78, 5) is 11.9. The Morgan fingerprint density at radius 2 is 2.53 bits per heavy atom. The summed E-state index contributed by atoms with van der Waals surface area (Å²) in [5, 5.41) is 6.43. The fourth-order valence-electron chi connectivity index (χ4n) is 1.97. The van der Waals surface area contributed by atoms with Crippen LogP contribution in [0.4, 0.5) is 0 Å². The number of carbonyl (C=O) groups excluding carboxylic acids is 1. The van der Waals surface area contributed by atoms with Gasteiger partial charge in [0.15, 0.2) is 0 Å². The van der Waals surface area contributed by atoms with Crippen LogP contribution in [0.3, 0.4) is 0 Å². The van der Waals surface area contributed by atoms with E-state index in [-0.39, 0.29) is 24.1 Å².